The van der Waals surface area contributed by atoms with Crippen molar-refractivity contribution in [3.05, 3.63) is 29.6 Å². The molecule has 0 fully saturated rings. The van der Waals surface area contributed by atoms with Gasteiger partial charge in [0.1, 0.15) is 11.9 Å². The minimum Gasteiger partial charge on any atom is -0.478 e. The smallest absolute Gasteiger partial charge is 0.335 e. The summed E-state index contributed by atoms with van der Waals surface area (Å²) in [5, 5.41) is 9.00. The zero-order chi connectivity index (χ0) is 14.9. The number of methoxy groups -OCH3 is 1. The van der Waals surface area contributed by atoms with Crippen LogP contribution in [0.25, 0.3) is 11.0 Å². The number of carbonyl (C=O) groups is 2. The summed E-state index contributed by atoms with van der Waals surface area (Å²) in [6, 6.07) is 4.18. The average Bonchev–Trinajstić information content (AvgIpc) is 2.82. The fourth-order valence-electron chi connectivity index (χ4n) is 2.24. The number of aromatic carboxylic acids is 1. The third-order valence-electron chi connectivity index (χ3n) is 3.26. The number of hydrogen-bond donors (Lipinski definition) is 1. The summed E-state index contributed by atoms with van der Waals surface area (Å²) in [6.45, 7) is 3.66. The van der Waals surface area contributed by atoms with Crippen LogP contribution >= 0.6 is 0 Å². The van der Waals surface area contributed by atoms with Crippen molar-refractivity contribution in [1.82, 2.24) is 9.55 Å². The number of benzene rings is 1. The molecule has 0 radical (unpaired) electrons. The van der Waals surface area contributed by atoms with Gasteiger partial charge in [0.05, 0.1) is 23.7 Å². The number of carbonyl (C=O) groups excluding carboxylic acids is 1. The maximum atomic E-state index is 11.7. The topological polar surface area (TPSA) is 81.4 Å². The Morgan fingerprint density at radius 3 is 2.70 bits per heavy atom. The van der Waals surface area contributed by atoms with E-state index < -0.39 is 12.0 Å². The van der Waals surface area contributed by atoms with E-state index in [1.54, 1.807) is 17.6 Å². The van der Waals surface area contributed by atoms with E-state index in [2.05, 4.69) is 4.98 Å². The second kappa shape index (κ2) is 5.32. The minimum absolute atomic E-state index is 0.176. The van der Waals surface area contributed by atoms with Crippen molar-refractivity contribution in [3.8, 4) is 0 Å². The van der Waals surface area contributed by atoms with E-state index in [-0.39, 0.29) is 11.5 Å². The molecule has 0 aliphatic heterocycles. The number of ether oxygens (including phenoxy) is 1. The number of hydrogen-bond acceptors (Lipinski definition) is 4. The number of esters is 1. The molecule has 0 spiro atoms. The minimum atomic E-state index is -1.000. The molecule has 0 aliphatic carbocycles. The van der Waals surface area contributed by atoms with Gasteiger partial charge in [0, 0.05) is 6.42 Å². The molecule has 0 saturated carbocycles. The van der Waals surface area contributed by atoms with Gasteiger partial charge in [0.25, 0.3) is 0 Å². The predicted octanol–water partition coefficient (Wildman–Crippen LogP) is 2.03. The Bertz CT molecular complexity index is 675. The standard InChI is InChI=1S/C14H16N2O4/c1-4-12-15-10-7-9(13(17)18)5-6-11(10)16(12)8(2)14(19)20-3/h5-8H,4H2,1-3H3,(H,17,18). The van der Waals surface area contributed by atoms with Gasteiger partial charge in [0.15, 0.2) is 0 Å². The SMILES string of the molecule is CCc1nc2cc(C(=O)O)ccc2n1C(C)C(=O)OC. The molecule has 6 heteroatoms. The highest BCUT2D eigenvalue weighted by molar-refractivity contribution is 5.93. The lowest BCUT2D eigenvalue weighted by Gasteiger charge is -2.14. The molecule has 2 rings (SSSR count). The normalized spacial score (nSPS) is 12.3. The van der Waals surface area contributed by atoms with Crippen LogP contribution in [0.1, 0.15) is 36.1 Å². The Labute approximate surface area is 116 Å². The molecule has 1 aromatic heterocycles. The van der Waals surface area contributed by atoms with Crippen molar-refractivity contribution in [2.24, 2.45) is 0 Å². The lowest BCUT2D eigenvalue weighted by Crippen LogP contribution is -2.19. The zero-order valence-electron chi connectivity index (χ0n) is 11.6. The maximum Gasteiger partial charge on any atom is 0.335 e. The third-order valence-corrected chi connectivity index (χ3v) is 3.26. The summed E-state index contributed by atoms with van der Waals surface area (Å²) < 4.78 is 6.55. The van der Waals surface area contributed by atoms with Gasteiger partial charge in [-0.2, -0.15) is 0 Å². The highest BCUT2D eigenvalue weighted by Gasteiger charge is 2.21. The number of aromatic nitrogens is 2. The highest BCUT2D eigenvalue weighted by atomic mass is 16.5. The summed E-state index contributed by atoms with van der Waals surface area (Å²) in [4.78, 5) is 27.1. The van der Waals surface area contributed by atoms with Crippen LogP contribution in [-0.4, -0.2) is 33.7 Å². The third kappa shape index (κ3) is 2.24. The Morgan fingerprint density at radius 2 is 2.15 bits per heavy atom. The van der Waals surface area contributed by atoms with Crippen LogP contribution in [-0.2, 0) is 16.0 Å². The van der Waals surface area contributed by atoms with E-state index in [4.69, 9.17) is 9.84 Å². The van der Waals surface area contributed by atoms with Crippen molar-refractivity contribution in [2.45, 2.75) is 26.3 Å². The summed E-state index contributed by atoms with van der Waals surface area (Å²) >= 11 is 0. The molecule has 1 N–H and O–H groups in total. The van der Waals surface area contributed by atoms with Crippen LogP contribution in [0.3, 0.4) is 0 Å². The van der Waals surface area contributed by atoms with E-state index in [0.29, 0.717) is 11.9 Å². The molecular weight excluding hydrogens is 260 g/mol. The molecule has 1 atom stereocenters. The molecule has 0 amide bonds. The van der Waals surface area contributed by atoms with Gasteiger partial charge in [-0.15, -0.1) is 0 Å². The maximum absolute atomic E-state index is 11.7. The Morgan fingerprint density at radius 1 is 1.45 bits per heavy atom. The number of aryl methyl sites for hydroxylation is 1. The van der Waals surface area contributed by atoms with Crippen LogP contribution in [0, 0.1) is 0 Å². The van der Waals surface area contributed by atoms with E-state index >= 15 is 0 Å². The van der Waals surface area contributed by atoms with Gasteiger partial charge in [0.2, 0.25) is 0 Å². The van der Waals surface area contributed by atoms with Gasteiger partial charge in [-0.25, -0.2) is 14.6 Å². The summed E-state index contributed by atoms with van der Waals surface area (Å²) in [5.74, 6) is -0.637. The Balaban J connectivity index is 2.63. The first-order valence-electron chi connectivity index (χ1n) is 6.31. The van der Waals surface area contributed by atoms with E-state index in [1.807, 2.05) is 6.92 Å². The van der Waals surface area contributed by atoms with Gasteiger partial charge >= 0.3 is 11.9 Å². The fourth-order valence-corrected chi connectivity index (χ4v) is 2.24. The van der Waals surface area contributed by atoms with Crippen LogP contribution in [0.4, 0.5) is 0 Å². The molecule has 20 heavy (non-hydrogen) atoms. The molecule has 0 bridgehead atoms. The molecule has 2 aromatic rings. The number of imidazole rings is 1. The van der Waals surface area contributed by atoms with Crippen LogP contribution < -0.4 is 0 Å². The number of carboxylic acids is 1. The van der Waals surface area contributed by atoms with Crippen LogP contribution in [0.2, 0.25) is 0 Å². The van der Waals surface area contributed by atoms with Gasteiger partial charge in [-0.05, 0) is 25.1 Å². The molecule has 0 aliphatic rings. The van der Waals surface area contributed by atoms with Gasteiger partial charge in [-0.3, -0.25) is 0 Å². The van der Waals surface area contributed by atoms with E-state index in [0.717, 1.165) is 11.3 Å². The van der Waals surface area contributed by atoms with Crippen LogP contribution in [0.5, 0.6) is 0 Å². The van der Waals surface area contributed by atoms with Crippen molar-refractivity contribution in [2.75, 3.05) is 7.11 Å². The van der Waals surface area contributed by atoms with Gasteiger partial charge < -0.3 is 14.4 Å². The molecule has 1 heterocycles. The largest absolute Gasteiger partial charge is 0.478 e. The highest BCUT2D eigenvalue weighted by Crippen LogP contribution is 2.23. The second-order valence-corrected chi connectivity index (χ2v) is 4.46. The first-order chi connectivity index (χ1) is 9.49. The van der Waals surface area contributed by atoms with Crippen molar-refractivity contribution < 1.29 is 19.4 Å². The Hall–Kier alpha value is -2.37. The molecule has 1 aromatic carbocycles. The van der Waals surface area contributed by atoms with Crippen molar-refractivity contribution >= 4 is 23.0 Å². The molecular formula is C14H16N2O4. The lowest BCUT2D eigenvalue weighted by atomic mass is 10.2. The predicted molar refractivity (Wildman–Crippen MR) is 72.8 cm³/mol. The van der Waals surface area contributed by atoms with Crippen molar-refractivity contribution in [1.29, 1.82) is 0 Å². The molecule has 0 saturated heterocycles. The van der Waals surface area contributed by atoms with Crippen LogP contribution in [0.15, 0.2) is 18.2 Å². The first kappa shape index (κ1) is 14.0. The number of nitrogens with zero attached hydrogens (tertiary/aromatic N) is 2. The Kier molecular flexibility index (Phi) is 3.74. The summed E-state index contributed by atoms with van der Waals surface area (Å²) in [6.07, 6.45) is 0.637. The lowest BCUT2D eigenvalue weighted by molar-refractivity contribution is -0.143. The van der Waals surface area contributed by atoms with Gasteiger partial charge in [-0.1, -0.05) is 6.92 Å². The number of fused-ring (bicyclic) bond motifs is 1. The van der Waals surface area contributed by atoms with Crippen molar-refractivity contribution in [3.63, 3.8) is 0 Å². The number of rotatable bonds is 4. The monoisotopic (exact) mass is 276 g/mol. The van der Waals surface area contributed by atoms with E-state index in [1.165, 1.54) is 19.2 Å². The van der Waals surface area contributed by atoms with E-state index in [9.17, 15) is 9.59 Å². The molecule has 6 nitrogen and oxygen atoms in total. The molecule has 1 unspecified atom stereocenters. The average molecular weight is 276 g/mol. The quantitative estimate of drug-likeness (QED) is 0.864. The fraction of sp³-hybridized carbons (Fsp3) is 0.357. The second-order valence-electron chi connectivity index (χ2n) is 4.46. The number of carboxylic acid groups (broad SMARTS) is 1. The first-order valence-corrected chi connectivity index (χ1v) is 6.31. The summed E-state index contributed by atoms with van der Waals surface area (Å²) in [7, 11) is 1.34. The summed E-state index contributed by atoms with van der Waals surface area (Å²) in [5.41, 5.74) is 1.47. The zero-order valence-corrected chi connectivity index (χ0v) is 11.6. The molecule has 106 valence electrons.